The zero-order chi connectivity index (χ0) is 18.3. The highest BCUT2D eigenvalue weighted by molar-refractivity contribution is 6.49. The third-order valence-corrected chi connectivity index (χ3v) is 4.47. The van der Waals surface area contributed by atoms with E-state index >= 15 is 0 Å². The molecule has 3 aromatic heterocycles. The van der Waals surface area contributed by atoms with Crippen LogP contribution in [0.1, 0.15) is 17.7 Å². The highest BCUT2D eigenvalue weighted by Crippen LogP contribution is 2.35. The third-order valence-electron chi connectivity index (χ3n) is 4.47. The number of hydrogen-bond acceptors (Lipinski definition) is 5. The number of nitrogens with one attached hydrogen (secondary N) is 1. The highest BCUT2D eigenvalue weighted by Gasteiger charge is 2.35. The van der Waals surface area contributed by atoms with Crippen molar-refractivity contribution in [1.82, 2.24) is 24.6 Å². The molecule has 2 N–H and O–H groups in total. The summed E-state index contributed by atoms with van der Waals surface area (Å²) >= 11 is 0. The smallest absolute Gasteiger partial charge is 0.261 e. The van der Waals surface area contributed by atoms with Gasteiger partial charge in [-0.2, -0.15) is 5.10 Å². The fourth-order valence-electron chi connectivity index (χ4n) is 3.31. The summed E-state index contributed by atoms with van der Waals surface area (Å²) in [5.41, 5.74) is 2.55. The van der Waals surface area contributed by atoms with Gasteiger partial charge in [-0.15, -0.1) is 0 Å². The van der Waals surface area contributed by atoms with Gasteiger partial charge in [0.2, 0.25) is 0 Å². The summed E-state index contributed by atoms with van der Waals surface area (Å²) in [5, 5.41) is 16.4. The Morgan fingerprint density at radius 3 is 2.69 bits per heavy atom. The molecule has 0 unspecified atom stereocenters. The maximum atomic E-state index is 12.6. The van der Waals surface area contributed by atoms with Crippen molar-refractivity contribution in [2.75, 3.05) is 6.61 Å². The van der Waals surface area contributed by atoms with Crippen molar-refractivity contribution in [1.29, 1.82) is 0 Å². The molecule has 132 valence electrons. The Morgan fingerprint density at radius 1 is 1.15 bits per heavy atom. The highest BCUT2D eigenvalue weighted by atomic mass is 16.3. The van der Waals surface area contributed by atoms with Gasteiger partial charge in [0.25, 0.3) is 11.8 Å². The van der Waals surface area contributed by atoms with E-state index in [0.29, 0.717) is 41.0 Å². The van der Waals surface area contributed by atoms with Crippen LogP contribution in [0.5, 0.6) is 0 Å². The van der Waals surface area contributed by atoms with Crippen molar-refractivity contribution in [2.45, 2.75) is 13.0 Å². The predicted octanol–water partition coefficient (Wildman–Crippen LogP) is 0.719. The van der Waals surface area contributed by atoms with Crippen molar-refractivity contribution < 1.29 is 14.7 Å². The quantitative estimate of drug-likeness (QED) is 0.660. The van der Waals surface area contributed by atoms with Gasteiger partial charge in [-0.3, -0.25) is 19.6 Å². The van der Waals surface area contributed by atoms with E-state index < -0.39 is 11.8 Å². The summed E-state index contributed by atoms with van der Waals surface area (Å²) < 4.78 is 3.46. The molecule has 8 nitrogen and oxygen atoms in total. The maximum absolute atomic E-state index is 12.6. The number of aromatic nitrogens is 4. The van der Waals surface area contributed by atoms with E-state index in [0.717, 1.165) is 5.39 Å². The van der Waals surface area contributed by atoms with Crippen LogP contribution in [0.15, 0.2) is 36.8 Å². The van der Waals surface area contributed by atoms with E-state index in [2.05, 4.69) is 15.4 Å². The SMILES string of the molecule is Cn1nccc1C1=C(c2cn(CCCO)c3ncccc23)C(=O)NC1=O. The first kappa shape index (κ1) is 16.2. The molecule has 4 heterocycles. The van der Waals surface area contributed by atoms with E-state index in [1.54, 1.807) is 36.3 Å². The molecule has 3 aromatic rings. The minimum absolute atomic E-state index is 0.0593. The van der Waals surface area contributed by atoms with Crippen molar-refractivity contribution in [3.05, 3.63) is 48.0 Å². The normalized spacial score (nSPS) is 14.5. The number of pyridine rings is 1. The van der Waals surface area contributed by atoms with Gasteiger partial charge in [-0.05, 0) is 24.6 Å². The molecule has 0 bridgehead atoms. The van der Waals surface area contributed by atoms with Crippen molar-refractivity contribution in [3.8, 4) is 0 Å². The van der Waals surface area contributed by atoms with Crippen molar-refractivity contribution in [2.24, 2.45) is 7.05 Å². The average Bonchev–Trinajstić information content (AvgIpc) is 3.28. The minimum atomic E-state index is -0.436. The van der Waals surface area contributed by atoms with Crippen LogP contribution in [0.25, 0.3) is 22.2 Å². The predicted molar refractivity (Wildman–Crippen MR) is 94.6 cm³/mol. The zero-order valence-corrected chi connectivity index (χ0v) is 14.1. The molecule has 0 atom stereocenters. The molecule has 0 saturated heterocycles. The Hall–Kier alpha value is -3.26. The van der Waals surface area contributed by atoms with Crippen LogP contribution >= 0.6 is 0 Å². The lowest BCUT2D eigenvalue weighted by molar-refractivity contribution is -0.122. The standard InChI is InChI=1S/C18H17N5O3/c1-22-13(5-7-20-22)15-14(17(25)21-18(15)26)12-10-23(8-3-9-24)16-11(12)4-2-6-19-16/h2,4-7,10,24H,3,8-9H2,1H3,(H,21,25,26). The van der Waals surface area contributed by atoms with Gasteiger partial charge < -0.3 is 9.67 Å². The first-order chi connectivity index (χ1) is 12.6. The van der Waals surface area contributed by atoms with Gasteiger partial charge in [0.05, 0.1) is 16.8 Å². The van der Waals surface area contributed by atoms with Gasteiger partial charge in [-0.25, -0.2) is 4.98 Å². The molecule has 0 aliphatic carbocycles. The second kappa shape index (κ2) is 6.23. The number of aryl methyl sites for hydroxylation is 2. The number of aliphatic hydroxyl groups excluding tert-OH is 1. The van der Waals surface area contributed by atoms with Crippen LogP contribution in [0, 0.1) is 0 Å². The Morgan fingerprint density at radius 2 is 1.96 bits per heavy atom. The number of hydrogen-bond donors (Lipinski definition) is 2. The maximum Gasteiger partial charge on any atom is 0.261 e. The molecule has 4 rings (SSSR count). The number of aliphatic hydroxyl groups is 1. The average molecular weight is 351 g/mol. The number of amides is 2. The molecule has 0 fully saturated rings. The molecular formula is C18H17N5O3. The number of carbonyl (C=O) groups excluding carboxylic acids is 2. The topological polar surface area (TPSA) is 102 Å². The zero-order valence-electron chi connectivity index (χ0n) is 14.1. The summed E-state index contributed by atoms with van der Waals surface area (Å²) in [6, 6.07) is 5.37. The lowest BCUT2D eigenvalue weighted by atomic mass is 9.99. The van der Waals surface area contributed by atoms with Gasteiger partial charge in [0.1, 0.15) is 5.65 Å². The Labute approximate surface area is 148 Å². The van der Waals surface area contributed by atoms with Crippen LogP contribution in [0.3, 0.4) is 0 Å². The van der Waals surface area contributed by atoms with Gasteiger partial charge in [0.15, 0.2) is 0 Å². The Bertz CT molecular complexity index is 1060. The van der Waals surface area contributed by atoms with E-state index in [1.807, 2.05) is 16.8 Å². The summed E-state index contributed by atoms with van der Waals surface area (Å²) in [6.07, 6.45) is 5.65. The van der Waals surface area contributed by atoms with Crippen LogP contribution in [0.2, 0.25) is 0 Å². The van der Waals surface area contributed by atoms with Gasteiger partial charge in [-0.1, -0.05) is 0 Å². The molecule has 2 amide bonds. The lowest BCUT2D eigenvalue weighted by Crippen LogP contribution is -2.23. The Balaban J connectivity index is 1.98. The van der Waals surface area contributed by atoms with Crippen LogP contribution < -0.4 is 5.32 Å². The first-order valence-electron chi connectivity index (χ1n) is 8.25. The molecule has 0 spiro atoms. The summed E-state index contributed by atoms with van der Waals surface area (Å²) in [5.74, 6) is -0.870. The molecular weight excluding hydrogens is 334 g/mol. The van der Waals surface area contributed by atoms with Gasteiger partial charge >= 0.3 is 0 Å². The molecule has 26 heavy (non-hydrogen) atoms. The van der Waals surface area contributed by atoms with Crippen molar-refractivity contribution in [3.63, 3.8) is 0 Å². The fourth-order valence-corrected chi connectivity index (χ4v) is 3.31. The second-order valence-electron chi connectivity index (χ2n) is 6.06. The second-order valence-corrected chi connectivity index (χ2v) is 6.06. The van der Waals surface area contributed by atoms with Crippen LogP contribution in [-0.4, -0.2) is 42.9 Å². The largest absolute Gasteiger partial charge is 0.396 e. The Kier molecular flexibility index (Phi) is 3.89. The van der Waals surface area contributed by atoms with Crippen molar-refractivity contribution >= 4 is 34.0 Å². The molecule has 0 radical (unpaired) electrons. The number of rotatable bonds is 5. The van der Waals surface area contributed by atoms with Crippen LogP contribution in [-0.2, 0) is 23.2 Å². The molecule has 8 heteroatoms. The molecule has 0 saturated carbocycles. The number of fused-ring (bicyclic) bond motifs is 1. The first-order valence-corrected chi connectivity index (χ1v) is 8.25. The summed E-state index contributed by atoms with van der Waals surface area (Å²) in [7, 11) is 1.72. The summed E-state index contributed by atoms with van der Waals surface area (Å²) in [4.78, 5) is 29.4. The minimum Gasteiger partial charge on any atom is -0.396 e. The number of imide groups is 1. The summed E-state index contributed by atoms with van der Waals surface area (Å²) in [6.45, 7) is 0.623. The third kappa shape index (κ3) is 2.42. The van der Waals surface area contributed by atoms with E-state index in [4.69, 9.17) is 5.11 Å². The molecule has 1 aliphatic rings. The van der Waals surface area contributed by atoms with E-state index in [-0.39, 0.29) is 6.61 Å². The van der Waals surface area contributed by atoms with Gasteiger partial charge in [0, 0.05) is 49.7 Å². The fraction of sp³-hybridized carbons (Fsp3) is 0.222. The lowest BCUT2D eigenvalue weighted by Gasteiger charge is -2.04. The molecule has 1 aliphatic heterocycles. The molecule has 0 aromatic carbocycles. The van der Waals surface area contributed by atoms with E-state index in [9.17, 15) is 9.59 Å². The monoisotopic (exact) mass is 351 g/mol. The van der Waals surface area contributed by atoms with E-state index in [1.165, 1.54) is 0 Å². The van der Waals surface area contributed by atoms with Crippen LogP contribution in [0.4, 0.5) is 0 Å². The number of carbonyl (C=O) groups is 2. The number of nitrogens with zero attached hydrogens (tertiary/aromatic N) is 4.